The molecular formula is C12H13FN2O. The first kappa shape index (κ1) is 9.63. The van der Waals surface area contributed by atoms with Crippen LogP contribution in [0.4, 0.5) is 10.4 Å². The van der Waals surface area contributed by atoms with Gasteiger partial charge < -0.3 is 9.32 Å². The standard InChI is InChI=1S/C12H13FN2O/c13-9-4-3-7-15(8-9)12-14-10-5-1-2-6-11(10)16-12/h1-2,5-6,9H,3-4,7-8H2. The van der Waals surface area contributed by atoms with Crippen LogP contribution in [0.15, 0.2) is 28.7 Å². The zero-order valence-corrected chi connectivity index (χ0v) is 8.90. The Labute approximate surface area is 92.9 Å². The maximum absolute atomic E-state index is 13.3. The minimum absolute atomic E-state index is 0.396. The van der Waals surface area contributed by atoms with E-state index >= 15 is 0 Å². The Kier molecular flexibility index (Phi) is 2.27. The molecule has 1 fully saturated rings. The van der Waals surface area contributed by atoms with Crippen LogP contribution in [0.3, 0.4) is 0 Å². The van der Waals surface area contributed by atoms with Crippen LogP contribution >= 0.6 is 0 Å². The lowest BCUT2D eigenvalue weighted by Gasteiger charge is -2.27. The van der Waals surface area contributed by atoms with Crippen molar-refractivity contribution in [2.75, 3.05) is 18.0 Å². The summed E-state index contributed by atoms with van der Waals surface area (Å²) in [6.45, 7) is 1.22. The molecule has 3 rings (SSSR count). The molecule has 4 heteroatoms. The van der Waals surface area contributed by atoms with Gasteiger partial charge in [0.1, 0.15) is 11.7 Å². The number of hydrogen-bond donors (Lipinski definition) is 0. The van der Waals surface area contributed by atoms with Crippen LogP contribution in [-0.2, 0) is 0 Å². The summed E-state index contributed by atoms with van der Waals surface area (Å²) >= 11 is 0. The molecule has 84 valence electrons. The van der Waals surface area contributed by atoms with Crippen LogP contribution < -0.4 is 4.90 Å². The Morgan fingerprint density at radius 3 is 3.06 bits per heavy atom. The molecule has 16 heavy (non-hydrogen) atoms. The van der Waals surface area contributed by atoms with Gasteiger partial charge in [0.2, 0.25) is 0 Å². The van der Waals surface area contributed by atoms with Crippen molar-refractivity contribution in [3.8, 4) is 0 Å². The molecule has 0 spiro atoms. The van der Waals surface area contributed by atoms with Gasteiger partial charge >= 0.3 is 0 Å². The number of aromatic nitrogens is 1. The summed E-state index contributed by atoms with van der Waals surface area (Å²) < 4.78 is 18.9. The number of hydrogen-bond acceptors (Lipinski definition) is 3. The van der Waals surface area contributed by atoms with Crippen molar-refractivity contribution < 1.29 is 8.81 Å². The highest BCUT2D eigenvalue weighted by Gasteiger charge is 2.22. The van der Waals surface area contributed by atoms with Gasteiger partial charge in [0, 0.05) is 6.54 Å². The molecule has 1 saturated heterocycles. The second-order valence-corrected chi connectivity index (χ2v) is 4.15. The second-order valence-electron chi connectivity index (χ2n) is 4.15. The SMILES string of the molecule is FC1CCCN(c2nc3ccccc3o2)C1. The third-order valence-electron chi connectivity index (χ3n) is 2.92. The lowest BCUT2D eigenvalue weighted by molar-refractivity contribution is 0.281. The fourth-order valence-electron chi connectivity index (χ4n) is 2.09. The van der Waals surface area contributed by atoms with Crippen LogP contribution in [-0.4, -0.2) is 24.2 Å². The molecule has 0 N–H and O–H groups in total. The van der Waals surface area contributed by atoms with Crippen LogP contribution in [0.1, 0.15) is 12.8 Å². The van der Waals surface area contributed by atoms with Gasteiger partial charge in [-0.15, -0.1) is 0 Å². The molecule has 0 saturated carbocycles. The molecule has 1 aliphatic rings. The number of halogens is 1. The molecule has 1 atom stereocenters. The molecule has 0 amide bonds. The number of oxazole rings is 1. The van der Waals surface area contributed by atoms with Gasteiger partial charge in [-0.1, -0.05) is 12.1 Å². The lowest BCUT2D eigenvalue weighted by Crippen LogP contribution is -2.36. The number of nitrogens with zero attached hydrogens (tertiary/aromatic N) is 2. The van der Waals surface area contributed by atoms with Gasteiger partial charge in [-0.05, 0) is 25.0 Å². The number of alkyl halides is 1. The maximum Gasteiger partial charge on any atom is 0.298 e. The first-order valence-electron chi connectivity index (χ1n) is 5.57. The van der Waals surface area contributed by atoms with Gasteiger partial charge in [0.15, 0.2) is 5.58 Å². The number of fused-ring (bicyclic) bond motifs is 1. The van der Waals surface area contributed by atoms with E-state index in [1.807, 2.05) is 29.2 Å². The number of rotatable bonds is 1. The van der Waals surface area contributed by atoms with Crippen LogP contribution in [0.25, 0.3) is 11.1 Å². The van der Waals surface area contributed by atoms with Crippen molar-refractivity contribution in [3.05, 3.63) is 24.3 Å². The van der Waals surface area contributed by atoms with Crippen LogP contribution in [0.2, 0.25) is 0 Å². The molecular weight excluding hydrogens is 207 g/mol. The van der Waals surface area contributed by atoms with E-state index in [1.165, 1.54) is 0 Å². The summed E-state index contributed by atoms with van der Waals surface area (Å²) in [6, 6.07) is 8.15. The molecule has 0 bridgehead atoms. The van der Waals surface area contributed by atoms with Crippen molar-refractivity contribution in [1.82, 2.24) is 4.98 Å². The van der Waals surface area contributed by atoms with Crippen molar-refractivity contribution in [3.63, 3.8) is 0 Å². The van der Waals surface area contributed by atoms with E-state index in [9.17, 15) is 4.39 Å². The van der Waals surface area contributed by atoms with Crippen molar-refractivity contribution >= 4 is 17.1 Å². The number of para-hydroxylation sites is 2. The monoisotopic (exact) mass is 220 g/mol. The Morgan fingerprint density at radius 1 is 1.38 bits per heavy atom. The zero-order valence-electron chi connectivity index (χ0n) is 8.90. The Morgan fingerprint density at radius 2 is 2.25 bits per heavy atom. The predicted octanol–water partition coefficient (Wildman–Crippen LogP) is 2.77. The van der Waals surface area contributed by atoms with Crippen molar-refractivity contribution in [2.45, 2.75) is 19.0 Å². The smallest absolute Gasteiger partial charge is 0.298 e. The molecule has 3 nitrogen and oxygen atoms in total. The Hall–Kier alpha value is -1.58. The summed E-state index contributed by atoms with van der Waals surface area (Å²) in [5, 5.41) is 0. The third kappa shape index (κ3) is 1.64. The van der Waals surface area contributed by atoms with Gasteiger partial charge in [-0.25, -0.2) is 4.39 Å². The average molecular weight is 220 g/mol. The quantitative estimate of drug-likeness (QED) is 0.740. The Balaban J connectivity index is 1.93. The molecule has 2 aromatic rings. The van der Waals surface area contributed by atoms with E-state index in [1.54, 1.807) is 0 Å². The normalized spacial score (nSPS) is 21.6. The molecule has 0 aliphatic carbocycles. The van der Waals surface area contributed by atoms with E-state index < -0.39 is 6.17 Å². The average Bonchev–Trinajstić information content (AvgIpc) is 2.72. The molecule has 1 unspecified atom stereocenters. The summed E-state index contributed by atoms with van der Waals surface area (Å²) in [7, 11) is 0. The Bertz CT molecular complexity index is 463. The molecule has 2 heterocycles. The largest absolute Gasteiger partial charge is 0.423 e. The minimum atomic E-state index is -0.760. The summed E-state index contributed by atoms with van der Waals surface area (Å²) in [5.74, 6) is 0. The molecule has 1 aliphatic heterocycles. The maximum atomic E-state index is 13.3. The van der Waals surface area contributed by atoms with Gasteiger partial charge in [-0.3, -0.25) is 0 Å². The first-order chi connectivity index (χ1) is 7.83. The molecule has 0 radical (unpaired) electrons. The second kappa shape index (κ2) is 3.77. The highest BCUT2D eigenvalue weighted by atomic mass is 19.1. The van der Waals surface area contributed by atoms with Gasteiger partial charge in [-0.2, -0.15) is 4.98 Å². The third-order valence-corrected chi connectivity index (χ3v) is 2.92. The zero-order chi connectivity index (χ0) is 11.0. The summed E-state index contributed by atoms with van der Waals surface area (Å²) in [6.07, 6.45) is 0.750. The highest BCUT2D eigenvalue weighted by molar-refractivity contribution is 5.74. The van der Waals surface area contributed by atoms with Crippen LogP contribution in [0, 0.1) is 0 Å². The van der Waals surface area contributed by atoms with E-state index in [4.69, 9.17) is 4.42 Å². The van der Waals surface area contributed by atoms with Gasteiger partial charge in [0.05, 0.1) is 6.54 Å². The van der Waals surface area contributed by atoms with Crippen molar-refractivity contribution in [2.24, 2.45) is 0 Å². The fraction of sp³-hybridized carbons (Fsp3) is 0.417. The number of piperidine rings is 1. The fourth-order valence-corrected chi connectivity index (χ4v) is 2.09. The van der Waals surface area contributed by atoms with E-state index in [2.05, 4.69) is 4.98 Å². The molecule has 1 aromatic heterocycles. The summed E-state index contributed by atoms with van der Waals surface area (Å²) in [5.41, 5.74) is 1.59. The number of anilines is 1. The van der Waals surface area contributed by atoms with E-state index in [0.717, 1.165) is 24.1 Å². The van der Waals surface area contributed by atoms with E-state index in [-0.39, 0.29) is 0 Å². The van der Waals surface area contributed by atoms with Gasteiger partial charge in [0.25, 0.3) is 6.01 Å². The lowest BCUT2D eigenvalue weighted by atomic mass is 10.1. The highest BCUT2D eigenvalue weighted by Crippen LogP contribution is 2.24. The van der Waals surface area contributed by atoms with Crippen LogP contribution in [0.5, 0.6) is 0 Å². The number of benzene rings is 1. The summed E-state index contributed by atoms with van der Waals surface area (Å²) in [4.78, 5) is 6.25. The van der Waals surface area contributed by atoms with E-state index in [0.29, 0.717) is 19.0 Å². The molecule has 1 aromatic carbocycles. The predicted molar refractivity (Wildman–Crippen MR) is 60.4 cm³/mol. The first-order valence-corrected chi connectivity index (χ1v) is 5.57. The minimum Gasteiger partial charge on any atom is -0.423 e. The topological polar surface area (TPSA) is 29.3 Å². The van der Waals surface area contributed by atoms with Crippen molar-refractivity contribution in [1.29, 1.82) is 0 Å².